The van der Waals surface area contributed by atoms with E-state index in [1.165, 1.54) is 22.3 Å². The molecule has 1 aliphatic rings. The Bertz CT molecular complexity index is 988. The Kier molecular flexibility index (Phi) is 6.34. The number of pyridine rings is 1. The highest BCUT2D eigenvalue weighted by atomic mass is 16.6. The predicted octanol–water partition coefficient (Wildman–Crippen LogP) is 5.80. The van der Waals surface area contributed by atoms with Gasteiger partial charge in [0.05, 0.1) is 0 Å². The van der Waals surface area contributed by atoms with Crippen molar-refractivity contribution in [3.8, 4) is 22.6 Å². The molecular formula is C26H30N2O2. The number of hydrogen-bond donors (Lipinski definition) is 0. The molecule has 1 aromatic heterocycles. The average Bonchev–Trinajstić information content (AvgIpc) is 2.79. The van der Waals surface area contributed by atoms with Crippen molar-refractivity contribution in [3.05, 3.63) is 77.6 Å². The van der Waals surface area contributed by atoms with Crippen LogP contribution in [-0.2, 0) is 6.54 Å². The Morgan fingerprint density at radius 1 is 1.00 bits per heavy atom. The monoisotopic (exact) mass is 402 g/mol. The van der Waals surface area contributed by atoms with Gasteiger partial charge in [0.15, 0.2) is 11.5 Å². The molecule has 1 aliphatic heterocycles. The number of benzene rings is 2. The van der Waals surface area contributed by atoms with Gasteiger partial charge >= 0.3 is 0 Å². The lowest BCUT2D eigenvalue weighted by atomic mass is 9.99. The second kappa shape index (κ2) is 9.31. The van der Waals surface area contributed by atoms with Gasteiger partial charge in [0.2, 0.25) is 0 Å². The van der Waals surface area contributed by atoms with Gasteiger partial charge < -0.3 is 9.47 Å². The van der Waals surface area contributed by atoms with Crippen molar-refractivity contribution in [2.24, 2.45) is 0 Å². The third kappa shape index (κ3) is 4.49. The fraction of sp³-hybridized carbons (Fsp3) is 0.346. The highest BCUT2D eigenvalue weighted by molar-refractivity contribution is 5.63. The zero-order valence-electron chi connectivity index (χ0n) is 18.1. The number of ether oxygens (including phenoxy) is 2. The minimum absolute atomic E-state index is 0.290. The molecule has 1 atom stereocenters. The second-order valence-corrected chi connectivity index (χ2v) is 7.93. The zero-order valence-corrected chi connectivity index (χ0v) is 18.1. The van der Waals surface area contributed by atoms with Crippen LogP contribution >= 0.6 is 0 Å². The minimum atomic E-state index is 0.290. The first-order valence-corrected chi connectivity index (χ1v) is 10.8. The van der Waals surface area contributed by atoms with Crippen LogP contribution in [0.15, 0.2) is 60.9 Å². The molecule has 0 bridgehead atoms. The fourth-order valence-electron chi connectivity index (χ4n) is 4.03. The Morgan fingerprint density at radius 3 is 2.57 bits per heavy atom. The lowest BCUT2D eigenvalue weighted by Gasteiger charge is -2.30. The van der Waals surface area contributed by atoms with Crippen LogP contribution < -0.4 is 9.47 Å². The largest absolute Gasteiger partial charge is 0.486 e. The number of hydrogen-bond acceptors (Lipinski definition) is 4. The molecule has 0 spiro atoms. The van der Waals surface area contributed by atoms with E-state index in [1.807, 2.05) is 24.5 Å². The summed E-state index contributed by atoms with van der Waals surface area (Å²) in [5.41, 5.74) is 6.30. The molecule has 2 heterocycles. The summed E-state index contributed by atoms with van der Waals surface area (Å²) < 4.78 is 11.5. The van der Waals surface area contributed by atoms with Crippen LogP contribution in [0.1, 0.15) is 43.0 Å². The Labute approximate surface area is 179 Å². The summed E-state index contributed by atoms with van der Waals surface area (Å²) in [5.74, 6) is 1.71. The van der Waals surface area contributed by atoms with Crippen LogP contribution in [-0.4, -0.2) is 29.6 Å². The smallest absolute Gasteiger partial charge is 0.161 e. The van der Waals surface area contributed by atoms with Gasteiger partial charge in [-0.05, 0) is 72.8 Å². The van der Waals surface area contributed by atoms with Crippen LogP contribution in [0.4, 0.5) is 0 Å². The lowest BCUT2D eigenvalue weighted by molar-refractivity contribution is 0.169. The Hall–Kier alpha value is -2.85. The number of rotatable bonds is 7. The molecule has 0 radical (unpaired) electrons. The number of aryl methyl sites for hydroxylation is 1. The average molecular weight is 403 g/mol. The molecule has 0 N–H and O–H groups in total. The molecule has 4 heteroatoms. The molecule has 156 valence electrons. The van der Waals surface area contributed by atoms with E-state index in [9.17, 15) is 0 Å². The standard InChI is InChI=1S/C26H30N2O2/c1-4-12-28(20(3)21-9-10-25-26(16-21)30-14-13-29-25)18-24-8-7-22(15-19(24)2)23-6-5-11-27-17-23/h5-11,15-17,20H,4,12-14,18H2,1-3H3/t20-/m0/s1. The SMILES string of the molecule is CCCN(Cc1ccc(-c2cccnc2)cc1C)[C@@H](C)c1ccc2c(c1)OCCO2. The van der Waals surface area contributed by atoms with Gasteiger partial charge in [0.25, 0.3) is 0 Å². The van der Waals surface area contributed by atoms with Crippen molar-refractivity contribution >= 4 is 0 Å². The molecule has 0 aliphatic carbocycles. The summed E-state index contributed by atoms with van der Waals surface area (Å²) in [7, 11) is 0. The van der Waals surface area contributed by atoms with E-state index in [2.05, 4.69) is 67.1 Å². The molecule has 0 saturated carbocycles. The molecule has 0 unspecified atom stereocenters. The van der Waals surface area contributed by atoms with E-state index in [0.29, 0.717) is 13.2 Å². The van der Waals surface area contributed by atoms with Crippen molar-refractivity contribution in [3.63, 3.8) is 0 Å². The van der Waals surface area contributed by atoms with Crippen LogP contribution in [0, 0.1) is 6.92 Å². The van der Waals surface area contributed by atoms with Gasteiger partial charge in [0, 0.05) is 25.0 Å². The molecule has 4 nitrogen and oxygen atoms in total. The summed E-state index contributed by atoms with van der Waals surface area (Å²) in [6, 6.07) is 17.5. The first-order chi connectivity index (χ1) is 14.7. The zero-order chi connectivity index (χ0) is 20.9. The molecular weight excluding hydrogens is 372 g/mol. The second-order valence-electron chi connectivity index (χ2n) is 7.93. The van der Waals surface area contributed by atoms with Crippen LogP contribution in [0.2, 0.25) is 0 Å². The lowest BCUT2D eigenvalue weighted by Crippen LogP contribution is -2.28. The molecule has 0 fully saturated rings. The van der Waals surface area contributed by atoms with E-state index < -0.39 is 0 Å². The Balaban J connectivity index is 1.54. The third-order valence-corrected chi connectivity index (χ3v) is 5.82. The summed E-state index contributed by atoms with van der Waals surface area (Å²) in [6.45, 7) is 9.92. The normalized spacial score (nSPS) is 14.0. The van der Waals surface area contributed by atoms with Crippen molar-refractivity contribution in [1.82, 2.24) is 9.88 Å². The quantitative estimate of drug-likeness (QED) is 0.500. The van der Waals surface area contributed by atoms with Crippen LogP contribution in [0.3, 0.4) is 0 Å². The van der Waals surface area contributed by atoms with Crippen molar-refractivity contribution in [2.45, 2.75) is 39.8 Å². The fourth-order valence-corrected chi connectivity index (χ4v) is 4.03. The van der Waals surface area contributed by atoms with Gasteiger partial charge in [-0.3, -0.25) is 9.88 Å². The maximum Gasteiger partial charge on any atom is 0.161 e. The topological polar surface area (TPSA) is 34.6 Å². The van der Waals surface area contributed by atoms with Gasteiger partial charge in [0.1, 0.15) is 13.2 Å². The first-order valence-electron chi connectivity index (χ1n) is 10.8. The highest BCUT2D eigenvalue weighted by Crippen LogP contribution is 2.34. The molecule has 3 aromatic rings. The van der Waals surface area contributed by atoms with Crippen molar-refractivity contribution < 1.29 is 9.47 Å². The molecule has 4 rings (SSSR count). The third-order valence-electron chi connectivity index (χ3n) is 5.82. The maximum absolute atomic E-state index is 5.80. The summed E-state index contributed by atoms with van der Waals surface area (Å²) in [5, 5.41) is 0. The molecule has 0 amide bonds. The van der Waals surface area contributed by atoms with E-state index in [-0.39, 0.29) is 6.04 Å². The molecule has 0 saturated heterocycles. The maximum atomic E-state index is 5.80. The van der Waals surface area contributed by atoms with Crippen LogP contribution in [0.5, 0.6) is 11.5 Å². The summed E-state index contributed by atoms with van der Waals surface area (Å²) in [6.07, 6.45) is 4.84. The van der Waals surface area contributed by atoms with Gasteiger partial charge in [-0.25, -0.2) is 0 Å². The Morgan fingerprint density at radius 2 is 1.83 bits per heavy atom. The summed E-state index contributed by atoms with van der Waals surface area (Å²) in [4.78, 5) is 6.79. The highest BCUT2D eigenvalue weighted by Gasteiger charge is 2.20. The van der Waals surface area contributed by atoms with Crippen LogP contribution in [0.25, 0.3) is 11.1 Å². The summed E-state index contributed by atoms with van der Waals surface area (Å²) >= 11 is 0. The number of aromatic nitrogens is 1. The number of nitrogens with zero attached hydrogens (tertiary/aromatic N) is 2. The van der Waals surface area contributed by atoms with Crippen molar-refractivity contribution in [1.29, 1.82) is 0 Å². The van der Waals surface area contributed by atoms with Crippen molar-refractivity contribution in [2.75, 3.05) is 19.8 Å². The number of fused-ring (bicyclic) bond motifs is 1. The minimum Gasteiger partial charge on any atom is -0.486 e. The first kappa shape index (κ1) is 20.4. The predicted molar refractivity (Wildman–Crippen MR) is 121 cm³/mol. The van der Waals surface area contributed by atoms with Gasteiger partial charge in [-0.2, -0.15) is 0 Å². The van der Waals surface area contributed by atoms with E-state index in [1.54, 1.807) is 0 Å². The van der Waals surface area contributed by atoms with Gasteiger partial charge in [-0.1, -0.05) is 37.3 Å². The van der Waals surface area contributed by atoms with E-state index >= 15 is 0 Å². The van der Waals surface area contributed by atoms with E-state index in [0.717, 1.165) is 36.6 Å². The van der Waals surface area contributed by atoms with Gasteiger partial charge in [-0.15, -0.1) is 0 Å². The molecule has 2 aromatic carbocycles. The van der Waals surface area contributed by atoms with E-state index in [4.69, 9.17) is 9.47 Å². The molecule has 30 heavy (non-hydrogen) atoms.